The molecule has 6 nitrogen and oxygen atoms in total. The van der Waals surface area contributed by atoms with Crippen molar-refractivity contribution in [1.82, 2.24) is 0 Å². The molecule has 0 spiro atoms. The second kappa shape index (κ2) is 12.4. The minimum atomic E-state index is -0.605. The Morgan fingerprint density at radius 2 is 1.64 bits per heavy atom. The van der Waals surface area contributed by atoms with E-state index in [1.54, 1.807) is 18.2 Å². The third-order valence-electron chi connectivity index (χ3n) is 6.32. The molecule has 2 rings (SSSR count). The second-order valence-corrected chi connectivity index (χ2v) is 8.45. The molecule has 0 aliphatic rings. The molecule has 0 saturated heterocycles. The first-order valence-electron chi connectivity index (χ1n) is 11.5. The third kappa shape index (κ3) is 7.32. The number of aliphatic hydroxyl groups is 1. The van der Waals surface area contributed by atoms with Crippen molar-refractivity contribution in [1.29, 1.82) is 0 Å². The Kier molecular flexibility index (Phi) is 9.92. The van der Waals surface area contributed by atoms with Crippen LogP contribution in [0.5, 0.6) is 5.75 Å². The first kappa shape index (κ1) is 26.4. The van der Waals surface area contributed by atoms with Gasteiger partial charge in [0.25, 0.3) is 0 Å². The van der Waals surface area contributed by atoms with Crippen LogP contribution >= 0.6 is 0 Å². The molecule has 0 fully saturated rings. The molecule has 2 aromatic rings. The first-order valence-corrected chi connectivity index (χ1v) is 11.5. The van der Waals surface area contributed by atoms with Crippen molar-refractivity contribution in [2.24, 2.45) is 0 Å². The van der Waals surface area contributed by atoms with Gasteiger partial charge < -0.3 is 19.3 Å². The van der Waals surface area contributed by atoms with Crippen molar-refractivity contribution in [3.63, 3.8) is 0 Å². The molecule has 0 amide bonds. The fourth-order valence-electron chi connectivity index (χ4n) is 3.83. The molecule has 6 heteroatoms. The van der Waals surface area contributed by atoms with E-state index in [9.17, 15) is 14.7 Å². The Morgan fingerprint density at radius 3 is 2.27 bits per heavy atom. The maximum Gasteiger partial charge on any atom is 0.338 e. The Hall–Kier alpha value is -2.86. The van der Waals surface area contributed by atoms with Gasteiger partial charge in [-0.25, -0.2) is 9.59 Å². The highest BCUT2D eigenvalue weighted by Crippen LogP contribution is 2.29. The molecule has 180 valence electrons. The van der Waals surface area contributed by atoms with E-state index in [2.05, 4.69) is 13.0 Å². The van der Waals surface area contributed by atoms with Crippen LogP contribution in [0.4, 0.5) is 0 Å². The topological polar surface area (TPSA) is 82.1 Å². The molecule has 1 unspecified atom stereocenters. The Balaban J connectivity index is 2.04. The molecule has 0 aliphatic heterocycles. The quantitative estimate of drug-likeness (QED) is 0.415. The predicted molar refractivity (Wildman–Crippen MR) is 128 cm³/mol. The predicted octanol–water partition coefficient (Wildman–Crippen LogP) is 5.66. The first-order chi connectivity index (χ1) is 15.8. The maximum absolute atomic E-state index is 12.1. The summed E-state index contributed by atoms with van der Waals surface area (Å²) >= 11 is 0. The largest absolute Gasteiger partial charge is 0.489 e. The number of methoxy groups -OCH3 is 2. The summed E-state index contributed by atoms with van der Waals surface area (Å²) in [7, 11) is 2.53. The molecule has 0 bridgehead atoms. The van der Waals surface area contributed by atoms with Gasteiger partial charge in [0.2, 0.25) is 0 Å². The lowest BCUT2D eigenvalue weighted by Gasteiger charge is -2.25. The minimum absolute atomic E-state index is 0.145. The fraction of sp³-hybridized carbons (Fsp3) is 0.481. The number of benzene rings is 2. The highest BCUT2D eigenvalue weighted by molar-refractivity contribution is 6.03. The van der Waals surface area contributed by atoms with Crippen LogP contribution in [0.1, 0.15) is 90.6 Å². The molecular formula is C27H36O6. The van der Waals surface area contributed by atoms with Gasteiger partial charge >= 0.3 is 11.9 Å². The van der Waals surface area contributed by atoms with Crippen LogP contribution in [0, 0.1) is 0 Å². The van der Waals surface area contributed by atoms with Crippen LogP contribution in [-0.2, 0) is 16.1 Å². The average Bonchev–Trinajstić information content (AvgIpc) is 2.86. The zero-order valence-electron chi connectivity index (χ0n) is 20.3. The summed E-state index contributed by atoms with van der Waals surface area (Å²) in [6.07, 6.45) is 4.32. The van der Waals surface area contributed by atoms with Crippen molar-refractivity contribution in [2.75, 3.05) is 14.2 Å². The number of esters is 2. The van der Waals surface area contributed by atoms with Crippen LogP contribution in [0.15, 0.2) is 42.5 Å². The number of hydrogen-bond donors (Lipinski definition) is 1. The standard InChI is InChI=1S/C27H36O6/c1-6-27(30,7-2)15-9-10-19(3)21-11-8-12-22(17-21)33-18-20-13-14-23(25(28)31-4)24(16-20)26(29)32-5/h8,11-14,16-17,19,30H,6-7,9-10,15,18H2,1-5H3. The van der Waals surface area contributed by atoms with Gasteiger partial charge in [-0.2, -0.15) is 0 Å². The van der Waals surface area contributed by atoms with Gasteiger partial charge in [0.05, 0.1) is 30.9 Å². The molecule has 0 heterocycles. The number of hydrogen-bond acceptors (Lipinski definition) is 6. The van der Waals surface area contributed by atoms with Crippen molar-refractivity contribution in [3.05, 3.63) is 64.7 Å². The number of carbonyl (C=O) groups excluding carboxylic acids is 2. The normalized spacial score (nSPS) is 12.2. The molecule has 0 aliphatic carbocycles. The van der Waals surface area contributed by atoms with Crippen LogP contribution in [0.2, 0.25) is 0 Å². The van der Waals surface area contributed by atoms with Crippen molar-refractivity contribution in [2.45, 2.75) is 71.0 Å². The van der Waals surface area contributed by atoms with Crippen molar-refractivity contribution < 1.29 is 28.9 Å². The van der Waals surface area contributed by atoms with Crippen LogP contribution in [0.3, 0.4) is 0 Å². The molecule has 0 radical (unpaired) electrons. The van der Waals surface area contributed by atoms with E-state index in [1.807, 2.05) is 32.0 Å². The molecule has 1 atom stereocenters. The number of rotatable bonds is 12. The molecule has 33 heavy (non-hydrogen) atoms. The van der Waals surface area contributed by atoms with Crippen molar-refractivity contribution >= 4 is 11.9 Å². The summed E-state index contributed by atoms with van der Waals surface area (Å²) in [6, 6.07) is 12.8. The lowest BCUT2D eigenvalue weighted by molar-refractivity contribution is 0.0209. The summed E-state index contributed by atoms with van der Waals surface area (Å²) in [6.45, 7) is 6.49. The zero-order chi connectivity index (χ0) is 24.4. The van der Waals surface area contributed by atoms with Gasteiger partial charge in [0, 0.05) is 0 Å². The fourth-order valence-corrected chi connectivity index (χ4v) is 3.83. The molecule has 1 N–H and O–H groups in total. The zero-order valence-corrected chi connectivity index (χ0v) is 20.3. The van der Waals surface area contributed by atoms with Crippen molar-refractivity contribution in [3.8, 4) is 5.75 Å². The smallest absolute Gasteiger partial charge is 0.338 e. The van der Waals surface area contributed by atoms with Crippen LogP contribution < -0.4 is 4.74 Å². The summed E-state index contributed by atoms with van der Waals surface area (Å²) in [5, 5.41) is 10.5. The van der Waals surface area contributed by atoms with E-state index in [4.69, 9.17) is 14.2 Å². The number of ether oxygens (including phenoxy) is 3. The molecule has 0 saturated carbocycles. The van der Waals surface area contributed by atoms with Gasteiger partial charge in [0.15, 0.2) is 0 Å². The highest BCUT2D eigenvalue weighted by atomic mass is 16.5. The van der Waals surface area contributed by atoms with E-state index in [0.717, 1.165) is 43.4 Å². The summed E-state index contributed by atoms with van der Waals surface area (Å²) in [5.41, 5.74) is 1.66. The van der Waals surface area contributed by atoms with E-state index < -0.39 is 17.5 Å². The van der Waals surface area contributed by atoms with E-state index in [0.29, 0.717) is 5.92 Å². The third-order valence-corrected chi connectivity index (χ3v) is 6.32. The van der Waals surface area contributed by atoms with E-state index in [-0.39, 0.29) is 17.7 Å². The maximum atomic E-state index is 12.1. The monoisotopic (exact) mass is 456 g/mol. The van der Waals surface area contributed by atoms with Gasteiger partial charge in [-0.15, -0.1) is 0 Å². The summed E-state index contributed by atoms with van der Waals surface area (Å²) in [5.74, 6) is -0.126. The lowest BCUT2D eigenvalue weighted by atomic mass is 9.88. The number of carbonyl (C=O) groups is 2. The van der Waals surface area contributed by atoms with E-state index >= 15 is 0 Å². The minimum Gasteiger partial charge on any atom is -0.489 e. The van der Waals surface area contributed by atoms with Gasteiger partial charge in [-0.05, 0) is 73.4 Å². The summed E-state index contributed by atoms with van der Waals surface area (Å²) < 4.78 is 15.5. The average molecular weight is 457 g/mol. The van der Waals surface area contributed by atoms with Crippen LogP contribution in [0.25, 0.3) is 0 Å². The second-order valence-electron chi connectivity index (χ2n) is 8.45. The Bertz CT molecular complexity index is 932. The molecule has 2 aromatic carbocycles. The Labute approximate surface area is 196 Å². The highest BCUT2D eigenvalue weighted by Gasteiger charge is 2.22. The summed E-state index contributed by atoms with van der Waals surface area (Å²) in [4.78, 5) is 24.0. The molecule has 0 aromatic heterocycles. The Morgan fingerprint density at radius 1 is 0.970 bits per heavy atom. The van der Waals surface area contributed by atoms with Crippen LogP contribution in [-0.4, -0.2) is 36.9 Å². The van der Waals surface area contributed by atoms with Gasteiger partial charge in [0.1, 0.15) is 12.4 Å². The van der Waals surface area contributed by atoms with E-state index in [1.165, 1.54) is 19.8 Å². The van der Waals surface area contributed by atoms with Gasteiger partial charge in [-0.1, -0.05) is 39.0 Å². The molecular weight excluding hydrogens is 420 g/mol. The lowest BCUT2D eigenvalue weighted by Crippen LogP contribution is -2.26. The van der Waals surface area contributed by atoms with Gasteiger partial charge in [-0.3, -0.25) is 0 Å². The SMILES string of the molecule is CCC(O)(CC)CCCC(C)c1cccc(OCc2ccc(C(=O)OC)c(C(=O)OC)c2)c1.